The number of rotatable bonds is 2. The maximum absolute atomic E-state index is 9.27. The fourth-order valence-electron chi connectivity index (χ4n) is 5.09. The summed E-state index contributed by atoms with van der Waals surface area (Å²) >= 11 is 0. The molecule has 0 bridgehead atoms. The van der Waals surface area contributed by atoms with Crippen LogP contribution in [-0.2, 0) is 11.8 Å². The lowest BCUT2D eigenvalue weighted by atomic mass is 9.49. The molecule has 1 saturated carbocycles. The molecule has 1 aromatic carbocycles. The van der Waals surface area contributed by atoms with E-state index in [0.29, 0.717) is 12.3 Å². The molecule has 1 aromatic rings. The van der Waals surface area contributed by atoms with Gasteiger partial charge in [0, 0.05) is 6.42 Å². The highest BCUT2D eigenvalue weighted by molar-refractivity contribution is 5.43. The van der Waals surface area contributed by atoms with Crippen molar-refractivity contribution in [2.45, 2.75) is 57.8 Å². The van der Waals surface area contributed by atoms with Crippen LogP contribution >= 0.6 is 0 Å². The van der Waals surface area contributed by atoms with Crippen molar-refractivity contribution in [1.29, 1.82) is 5.26 Å². The predicted molar refractivity (Wildman–Crippen MR) is 84.3 cm³/mol. The van der Waals surface area contributed by atoms with Gasteiger partial charge in [0.1, 0.15) is 5.75 Å². The molecule has 0 aromatic heterocycles. The Kier molecular flexibility index (Phi) is 3.48. The number of hydrogen-bond acceptors (Lipinski definition) is 2. The number of aryl methyl sites for hydroxylation is 1. The molecule has 0 radical (unpaired) electrons. The van der Waals surface area contributed by atoms with Crippen molar-refractivity contribution in [2.75, 3.05) is 7.11 Å². The normalized spacial score (nSPS) is 34.5. The Morgan fingerprint density at radius 3 is 2.86 bits per heavy atom. The first-order valence-corrected chi connectivity index (χ1v) is 8.08. The van der Waals surface area contributed by atoms with Crippen LogP contribution in [0.5, 0.6) is 5.75 Å². The van der Waals surface area contributed by atoms with E-state index in [9.17, 15) is 5.26 Å². The van der Waals surface area contributed by atoms with E-state index in [1.807, 2.05) is 0 Å². The van der Waals surface area contributed by atoms with Gasteiger partial charge in [0.2, 0.25) is 0 Å². The first kappa shape index (κ1) is 14.4. The minimum Gasteiger partial charge on any atom is -0.497 e. The Morgan fingerprint density at radius 2 is 2.14 bits per heavy atom. The lowest BCUT2D eigenvalue weighted by molar-refractivity contribution is 0.0291. The van der Waals surface area contributed by atoms with E-state index >= 15 is 0 Å². The minimum absolute atomic E-state index is 0.169. The molecule has 1 fully saturated rings. The van der Waals surface area contributed by atoms with Gasteiger partial charge in [-0.05, 0) is 65.7 Å². The highest BCUT2D eigenvalue weighted by Gasteiger charge is 2.51. The summed E-state index contributed by atoms with van der Waals surface area (Å²) in [6.45, 7) is 4.76. The SMILES string of the molecule is COc1ccc2c(c1)[C@]1(C)CCC[C@@](C)(CC#N)[C@H]1CC2. The Bertz CT molecular complexity index is 588. The van der Waals surface area contributed by atoms with Gasteiger partial charge in [-0.3, -0.25) is 0 Å². The van der Waals surface area contributed by atoms with Crippen molar-refractivity contribution >= 4 is 0 Å². The van der Waals surface area contributed by atoms with E-state index in [-0.39, 0.29) is 10.8 Å². The molecule has 0 N–H and O–H groups in total. The van der Waals surface area contributed by atoms with Crippen LogP contribution in [0.2, 0.25) is 0 Å². The molecule has 21 heavy (non-hydrogen) atoms. The molecule has 2 aliphatic rings. The highest BCUT2D eigenvalue weighted by atomic mass is 16.5. The Morgan fingerprint density at radius 1 is 1.33 bits per heavy atom. The van der Waals surface area contributed by atoms with Crippen molar-refractivity contribution in [3.63, 3.8) is 0 Å². The minimum atomic E-state index is 0.169. The molecule has 0 unspecified atom stereocenters. The molecule has 0 heterocycles. The number of nitrogens with zero attached hydrogens (tertiary/aromatic N) is 1. The average Bonchev–Trinajstić information content (AvgIpc) is 2.47. The largest absolute Gasteiger partial charge is 0.497 e. The molecule has 3 atom stereocenters. The second-order valence-electron chi connectivity index (χ2n) is 7.37. The van der Waals surface area contributed by atoms with Gasteiger partial charge in [-0.1, -0.05) is 26.3 Å². The standard InChI is InChI=1S/C19H25NO/c1-18(11-12-20)9-4-10-19(2)16-13-15(21-3)7-5-14(16)6-8-17(18)19/h5,7,13,17H,4,6,8-11H2,1-3H3/t17-,18+,19+/m1/s1. The summed E-state index contributed by atoms with van der Waals surface area (Å²) in [7, 11) is 1.74. The zero-order valence-corrected chi connectivity index (χ0v) is 13.4. The molecule has 112 valence electrons. The number of ether oxygens (including phenoxy) is 1. The predicted octanol–water partition coefficient (Wildman–Crippen LogP) is 4.62. The summed E-state index contributed by atoms with van der Waals surface area (Å²) < 4.78 is 5.45. The Hall–Kier alpha value is -1.49. The van der Waals surface area contributed by atoms with Crippen LogP contribution in [0.4, 0.5) is 0 Å². The van der Waals surface area contributed by atoms with E-state index in [1.165, 1.54) is 36.8 Å². The quantitative estimate of drug-likeness (QED) is 0.793. The molecule has 2 nitrogen and oxygen atoms in total. The van der Waals surface area contributed by atoms with Crippen LogP contribution in [0.25, 0.3) is 0 Å². The van der Waals surface area contributed by atoms with Gasteiger partial charge >= 0.3 is 0 Å². The summed E-state index contributed by atoms with van der Waals surface area (Å²) in [4.78, 5) is 0. The first-order chi connectivity index (χ1) is 10.0. The smallest absolute Gasteiger partial charge is 0.119 e. The topological polar surface area (TPSA) is 33.0 Å². The summed E-state index contributed by atoms with van der Waals surface area (Å²) in [6, 6.07) is 9.02. The summed E-state index contributed by atoms with van der Waals surface area (Å²) in [5, 5.41) is 9.27. The van der Waals surface area contributed by atoms with Crippen molar-refractivity contribution in [3.05, 3.63) is 29.3 Å². The fraction of sp³-hybridized carbons (Fsp3) is 0.632. The van der Waals surface area contributed by atoms with Gasteiger partial charge in [0.05, 0.1) is 13.2 Å². The fourth-order valence-corrected chi connectivity index (χ4v) is 5.09. The monoisotopic (exact) mass is 283 g/mol. The van der Waals surface area contributed by atoms with Gasteiger partial charge < -0.3 is 4.74 Å². The second-order valence-corrected chi connectivity index (χ2v) is 7.37. The molecular formula is C19H25NO. The molecule has 0 saturated heterocycles. The molecule has 0 spiro atoms. The van der Waals surface area contributed by atoms with Crippen LogP contribution in [0.1, 0.15) is 57.1 Å². The van der Waals surface area contributed by atoms with E-state index in [1.54, 1.807) is 7.11 Å². The molecule has 3 rings (SSSR count). The number of hydrogen-bond donors (Lipinski definition) is 0. The third-order valence-electron chi connectivity index (χ3n) is 6.17. The van der Waals surface area contributed by atoms with E-state index in [2.05, 4.69) is 38.1 Å². The molecule has 2 heteroatoms. The van der Waals surface area contributed by atoms with Gasteiger partial charge in [0.15, 0.2) is 0 Å². The van der Waals surface area contributed by atoms with E-state index in [4.69, 9.17) is 4.74 Å². The third-order valence-corrected chi connectivity index (χ3v) is 6.17. The summed E-state index contributed by atoms with van der Waals surface area (Å²) in [5.74, 6) is 1.57. The van der Waals surface area contributed by atoms with Crippen molar-refractivity contribution in [1.82, 2.24) is 0 Å². The lowest BCUT2D eigenvalue weighted by Crippen LogP contribution is -2.49. The second kappa shape index (κ2) is 5.05. The number of benzene rings is 1. The van der Waals surface area contributed by atoms with Crippen molar-refractivity contribution in [2.24, 2.45) is 11.3 Å². The average molecular weight is 283 g/mol. The van der Waals surface area contributed by atoms with Gasteiger partial charge in [0.25, 0.3) is 0 Å². The van der Waals surface area contributed by atoms with Gasteiger partial charge in [-0.15, -0.1) is 0 Å². The van der Waals surface area contributed by atoms with Gasteiger partial charge in [-0.25, -0.2) is 0 Å². The molecule has 0 amide bonds. The third kappa shape index (κ3) is 2.14. The summed E-state index contributed by atoms with van der Waals surface area (Å²) in [5.41, 5.74) is 3.33. The van der Waals surface area contributed by atoms with Gasteiger partial charge in [-0.2, -0.15) is 5.26 Å². The van der Waals surface area contributed by atoms with E-state index < -0.39 is 0 Å². The zero-order valence-electron chi connectivity index (χ0n) is 13.4. The Balaban J connectivity index is 2.08. The number of methoxy groups -OCH3 is 1. The number of fused-ring (bicyclic) bond motifs is 3. The van der Waals surface area contributed by atoms with Crippen molar-refractivity contribution < 1.29 is 4.74 Å². The maximum atomic E-state index is 9.27. The van der Waals surface area contributed by atoms with Crippen molar-refractivity contribution in [3.8, 4) is 11.8 Å². The molecule has 2 aliphatic carbocycles. The van der Waals surface area contributed by atoms with Crippen LogP contribution in [0.3, 0.4) is 0 Å². The van der Waals surface area contributed by atoms with E-state index in [0.717, 1.165) is 12.2 Å². The summed E-state index contributed by atoms with van der Waals surface area (Å²) in [6.07, 6.45) is 6.70. The molecule has 0 aliphatic heterocycles. The highest BCUT2D eigenvalue weighted by Crippen LogP contribution is 2.58. The first-order valence-electron chi connectivity index (χ1n) is 8.08. The molecular weight excluding hydrogens is 258 g/mol. The Labute approximate surface area is 128 Å². The van der Waals surface area contributed by atoms with Crippen LogP contribution in [-0.4, -0.2) is 7.11 Å². The van der Waals surface area contributed by atoms with Crippen LogP contribution in [0.15, 0.2) is 18.2 Å². The zero-order chi connectivity index (χ0) is 15.1. The lowest BCUT2D eigenvalue weighted by Gasteiger charge is -2.55. The number of nitriles is 1. The maximum Gasteiger partial charge on any atom is 0.119 e. The van der Waals surface area contributed by atoms with Crippen LogP contribution in [0, 0.1) is 22.7 Å². The van der Waals surface area contributed by atoms with Crippen LogP contribution < -0.4 is 4.74 Å².